The zero-order chi connectivity index (χ0) is 14.9. The molecule has 1 amide bonds. The summed E-state index contributed by atoms with van der Waals surface area (Å²) in [4.78, 5) is 18.0. The number of pyridine rings is 1. The summed E-state index contributed by atoms with van der Waals surface area (Å²) in [5.41, 5.74) is 0.885. The number of aromatic nitrogens is 1. The Labute approximate surface area is 123 Å². The summed E-state index contributed by atoms with van der Waals surface area (Å²) in [6.45, 7) is 1.41. The first-order chi connectivity index (χ1) is 10.3. The van der Waals surface area contributed by atoms with Gasteiger partial charge in [-0.2, -0.15) is 0 Å². The summed E-state index contributed by atoms with van der Waals surface area (Å²) >= 11 is 0. The van der Waals surface area contributed by atoms with Crippen LogP contribution in [0.25, 0.3) is 6.08 Å². The SMILES string of the molecule is COCCN(Cc1ccco1)C(=O)/C=C/c1cccnc1. The predicted molar refractivity (Wildman–Crippen MR) is 79.3 cm³/mol. The topological polar surface area (TPSA) is 55.6 Å². The maximum absolute atomic E-state index is 12.3. The second-order valence-electron chi connectivity index (χ2n) is 4.45. The number of methoxy groups -OCH3 is 1. The third-order valence-electron chi connectivity index (χ3n) is 2.91. The summed E-state index contributed by atoms with van der Waals surface area (Å²) < 4.78 is 10.3. The first kappa shape index (κ1) is 15.0. The lowest BCUT2D eigenvalue weighted by molar-refractivity contribution is -0.127. The number of amides is 1. The molecule has 0 bridgehead atoms. The van der Waals surface area contributed by atoms with Crippen LogP contribution < -0.4 is 0 Å². The molecule has 0 fully saturated rings. The van der Waals surface area contributed by atoms with Crippen LogP contribution in [0.3, 0.4) is 0 Å². The zero-order valence-electron chi connectivity index (χ0n) is 11.9. The van der Waals surface area contributed by atoms with Crippen molar-refractivity contribution in [1.82, 2.24) is 9.88 Å². The molecule has 2 aromatic rings. The van der Waals surface area contributed by atoms with E-state index in [4.69, 9.17) is 9.15 Å². The fourth-order valence-electron chi connectivity index (χ4n) is 1.81. The number of carbonyl (C=O) groups excluding carboxylic acids is 1. The predicted octanol–water partition coefficient (Wildman–Crippen LogP) is 2.36. The lowest BCUT2D eigenvalue weighted by Crippen LogP contribution is -2.31. The molecular formula is C16H18N2O3. The van der Waals surface area contributed by atoms with Crippen molar-refractivity contribution in [2.75, 3.05) is 20.3 Å². The molecule has 0 aliphatic heterocycles. The van der Waals surface area contributed by atoms with Crippen molar-refractivity contribution in [3.8, 4) is 0 Å². The van der Waals surface area contributed by atoms with E-state index in [9.17, 15) is 4.79 Å². The smallest absolute Gasteiger partial charge is 0.247 e. The largest absolute Gasteiger partial charge is 0.467 e. The van der Waals surface area contributed by atoms with Crippen molar-refractivity contribution < 1.29 is 13.9 Å². The van der Waals surface area contributed by atoms with E-state index in [-0.39, 0.29) is 5.91 Å². The maximum Gasteiger partial charge on any atom is 0.247 e. The summed E-state index contributed by atoms with van der Waals surface area (Å²) in [7, 11) is 1.61. The molecule has 2 heterocycles. The van der Waals surface area contributed by atoms with E-state index >= 15 is 0 Å². The number of rotatable bonds is 7. The van der Waals surface area contributed by atoms with Gasteiger partial charge in [-0.1, -0.05) is 6.07 Å². The average Bonchev–Trinajstić information content (AvgIpc) is 3.03. The van der Waals surface area contributed by atoms with Gasteiger partial charge in [0.2, 0.25) is 5.91 Å². The van der Waals surface area contributed by atoms with E-state index in [1.807, 2.05) is 18.2 Å². The molecule has 0 aliphatic rings. The van der Waals surface area contributed by atoms with Crippen LogP contribution in [0, 0.1) is 0 Å². The summed E-state index contributed by atoms with van der Waals surface area (Å²) in [5, 5.41) is 0. The van der Waals surface area contributed by atoms with Gasteiger partial charge in [-0.15, -0.1) is 0 Å². The van der Waals surface area contributed by atoms with E-state index < -0.39 is 0 Å². The fourth-order valence-corrected chi connectivity index (χ4v) is 1.81. The minimum atomic E-state index is -0.0905. The number of ether oxygens (including phenoxy) is 1. The lowest BCUT2D eigenvalue weighted by Gasteiger charge is -2.19. The van der Waals surface area contributed by atoms with Crippen molar-refractivity contribution in [1.29, 1.82) is 0 Å². The summed E-state index contributed by atoms with van der Waals surface area (Å²) in [5.74, 6) is 0.654. The van der Waals surface area contributed by atoms with Gasteiger partial charge in [-0.25, -0.2) is 0 Å². The Morgan fingerprint density at radius 3 is 3.00 bits per heavy atom. The highest BCUT2D eigenvalue weighted by Gasteiger charge is 2.12. The minimum Gasteiger partial charge on any atom is -0.467 e. The van der Waals surface area contributed by atoms with E-state index in [0.717, 1.165) is 11.3 Å². The van der Waals surface area contributed by atoms with Crippen molar-refractivity contribution in [3.05, 3.63) is 60.3 Å². The van der Waals surface area contributed by atoms with Gasteiger partial charge in [-0.3, -0.25) is 9.78 Å². The Morgan fingerprint density at radius 1 is 1.43 bits per heavy atom. The Balaban J connectivity index is 2.01. The molecule has 0 saturated carbocycles. The molecule has 0 radical (unpaired) electrons. The number of nitrogens with zero attached hydrogens (tertiary/aromatic N) is 2. The minimum absolute atomic E-state index is 0.0905. The van der Waals surface area contributed by atoms with Crippen LogP contribution in [-0.2, 0) is 16.1 Å². The molecule has 5 nitrogen and oxygen atoms in total. The molecule has 0 aliphatic carbocycles. The molecular weight excluding hydrogens is 268 g/mol. The van der Waals surface area contributed by atoms with Crippen molar-refractivity contribution in [2.45, 2.75) is 6.54 Å². The maximum atomic E-state index is 12.3. The molecule has 0 spiro atoms. The van der Waals surface area contributed by atoms with E-state index in [1.165, 1.54) is 6.08 Å². The number of furan rings is 1. The highest BCUT2D eigenvalue weighted by molar-refractivity contribution is 5.91. The summed E-state index contributed by atoms with van der Waals surface area (Å²) in [6, 6.07) is 7.37. The quantitative estimate of drug-likeness (QED) is 0.733. The van der Waals surface area contributed by atoms with E-state index in [1.54, 1.807) is 42.8 Å². The first-order valence-corrected chi connectivity index (χ1v) is 6.68. The van der Waals surface area contributed by atoms with Crippen LogP contribution in [0.5, 0.6) is 0 Å². The lowest BCUT2D eigenvalue weighted by atomic mass is 10.2. The van der Waals surface area contributed by atoms with Gasteiger partial charge >= 0.3 is 0 Å². The van der Waals surface area contributed by atoms with Gasteiger partial charge in [0.1, 0.15) is 5.76 Å². The van der Waals surface area contributed by atoms with Crippen LogP contribution in [0.2, 0.25) is 0 Å². The number of hydrogen-bond acceptors (Lipinski definition) is 4. The molecule has 110 valence electrons. The second-order valence-corrected chi connectivity index (χ2v) is 4.45. The second kappa shape index (κ2) is 8.01. The van der Waals surface area contributed by atoms with Crippen molar-refractivity contribution >= 4 is 12.0 Å². The molecule has 2 aromatic heterocycles. The molecule has 21 heavy (non-hydrogen) atoms. The van der Waals surface area contributed by atoms with Crippen molar-refractivity contribution in [2.24, 2.45) is 0 Å². The Kier molecular flexibility index (Phi) is 5.72. The highest BCUT2D eigenvalue weighted by Crippen LogP contribution is 2.07. The molecule has 0 saturated heterocycles. The number of carbonyl (C=O) groups is 1. The highest BCUT2D eigenvalue weighted by atomic mass is 16.5. The van der Waals surface area contributed by atoms with Crippen LogP contribution >= 0.6 is 0 Å². The van der Waals surface area contributed by atoms with Gasteiger partial charge in [0.05, 0.1) is 19.4 Å². The van der Waals surface area contributed by atoms with Gasteiger partial charge in [0.15, 0.2) is 0 Å². The Morgan fingerprint density at radius 2 is 2.33 bits per heavy atom. The first-order valence-electron chi connectivity index (χ1n) is 6.68. The van der Waals surface area contributed by atoms with Crippen molar-refractivity contribution in [3.63, 3.8) is 0 Å². The van der Waals surface area contributed by atoms with E-state index in [2.05, 4.69) is 4.98 Å². The average molecular weight is 286 g/mol. The van der Waals surface area contributed by atoms with Crippen LogP contribution in [-0.4, -0.2) is 36.1 Å². The monoisotopic (exact) mass is 286 g/mol. The Hall–Kier alpha value is -2.40. The molecule has 0 atom stereocenters. The molecule has 0 N–H and O–H groups in total. The number of hydrogen-bond donors (Lipinski definition) is 0. The van der Waals surface area contributed by atoms with E-state index in [0.29, 0.717) is 19.7 Å². The van der Waals surface area contributed by atoms with Crippen LogP contribution in [0.1, 0.15) is 11.3 Å². The summed E-state index contributed by atoms with van der Waals surface area (Å²) in [6.07, 6.45) is 8.28. The third kappa shape index (κ3) is 4.89. The van der Waals surface area contributed by atoms with Gasteiger partial charge < -0.3 is 14.1 Å². The van der Waals surface area contributed by atoms with Gasteiger partial charge in [-0.05, 0) is 29.8 Å². The fraction of sp³-hybridized carbons (Fsp3) is 0.250. The van der Waals surface area contributed by atoms with Gasteiger partial charge in [0, 0.05) is 32.1 Å². The third-order valence-corrected chi connectivity index (χ3v) is 2.91. The Bertz CT molecular complexity index is 564. The van der Waals surface area contributed by atoms with Gasteiger partial charge in [0.25, 0.3) is 0 Å². The zero-order valence-corrected chi connectivity index (χ0v) is 11.9. The normalized spacial score (nSPS) is 10.9. The van der Waals surface area contributed by atoms with Crippen LogP contribution in [0.15, 0.2) is 53.4 Å². The molecule has 0 unspecified atom stereocenters. The van der Waals surface area contributed by atoms with Crippen LogP contribution in [0.4, 0.5) is 0 Å². The molecule has 5 heteroatoms. The standard InChI is InChI=1S/C16H18N2O3/c1-20-11-9-18(13-15-5-3-10-21-15)16(19)7-6-14-4-2-8-17-12-14/h2-8,10,12H,9,11,13H2,1H3/b7-6+. The molecule has 0 aromatic carbocycles. The molecule has 2 rings (SSSR count).